The minimum absolute atomic E-state index is 0.157. The van der Waals surface area contributed by atoms with Gasteiger partial charge in [-0.2, -0.15) is 0 Å². The van der Waals surface area contributed by atoms with Crippen LogP contribution in [0, 0.1) is 0 Å². The third-order valence-electron chi connectivity index (χ3n) is 2.09. The van der Waals surface area contributed by atoms with E-state index in [1.807, 2.05) is 11.4 Å². The van der Waals surface area contributed by atoms with E-state index in [1.165, 1.54) is 16.2 Å². The summed E-state index contributed by atoms with van der Waals surface area (Å²) in [7, 11) is 0. The number of nitrogens with one attached hydrogen (secondary N) is 1. The Labute approximate surface area is 99.4 Å². The van der Waals surface area contributed by atoms with Gasteiger partial charge in [0.15, 0.2) is 0 Å². The molecule has 1 N–H and O–H groups in total. The van der Waals surface area contributed by atoms with E-state index < -0.39 is 0 Å². The summed E-state index contributed by atoms with van der Waals surface area (Å²) in [6, 6.07) is 1.92. The molecule has 15 heavy (non-hydrogen) atoms. The van der Waals surface area contributed by atoms with Crippen LogP contribution in [0.15, 0.2) is 15.9 Å². The van der Waals surface area contributed by atoms with Gasteiger partial charge in [0.25, 0.3) is 0 Å². The highest BCUT2D eigenvalue weighted by molar-refractivity contribution is 9.10. The highest BCUT2D eigenvalue weighted by Crippen LogP contribution is 2.21. The summed E-state index contributed by atoms with van der Waals surface area (Å²) in [5.74, 6) is -0.313. The number of carbonyl (C=O) groups excluding carboxylic acids is 2. The molecule has 1 saturated heterocycles. The number of hydrogen-bond donors (Lipinski definition) is 1. The first-order valence-corrected chi connectivity index (χ1v) is 6.11. The Hall–Kier alpha value is -0.720. The number of amides is 2. The van der Waals surface area contributed by atoms with Gasteiger partial charge in [-0.05, 0) is 22.0 Å². The van der Waals surface area contributed by atoms with Crippen LogP contribution in [-0.2, 0) is 16.1 Å². The molecule has 0 bridgehead atoms. The molecule has 0 aromatic carbocycles. The van der Waals surface area contributed by atoms with Crippen molar-refractivity contribution in [2.24, 2.45) is 0 Å². The molecular formula is C9H9BrN2O2S. The second kappa shape index (κ2) is 4.42. The monoisotopic (exact) mass is 288 g/mol. The van der Waals surface area contributed by atoms with Crippen LogP contribution < -0.4 is 5.32 Å². The van der Waals surface area contributed by atoms with Gasteiger partial charge in [-0.3, -0.25) is 19.8 Å². The summed E-state index contributed by atoms with van der Waals surface area (Å²) in [5, 5.41) is 4.70. The molecule has 0 aliphatic carbocycles. The third kappa shape index (κ3) is 2.45. The van der Waals surface area contributed by atoms with E-state index in [0.717, 1.165) is 9.35 Å². The number of piperazine rings is 1. The van der Waals surface area contributed by atoms with Gasteiger partial charge in [0.05, 0.1) is 19.6 Å². The van der Waals surface area contributed by atoms with Gasteiger partial charge >= 0.3 is 0 Å². The summed E-state index contributed by atoms with van der Waals surface area (Å²) in [4.78, 5) is 25.2. The number of rotatable bonds is 2. The fraction of sp³-hybridized carbons (Fsp3) is 0.333. The van der Waals surface area contributed by atoms with Crippen LogP contribution >= 0.6 is 27.3 Å². The number of nitrogens with zero attached hydrogens (tertiary/aromatic N) is 1. The molecule has 2 rings (SSSR count). The van der Waals surface area contributed by atoms with E-state index in [9.17, 15) is 9.59 Å². The fourth-order valence-electron chi connectivity index (χ4n) is 1.38. The maximum absolute atomic E-state index is 11.5. The molecule has 1 aromatic rings. The zero-order valence-electron chi connectivity index (χ0n) is 7.83. The van der Waals surface area contributed by atoms with Crippen LogP contribution in [0.1, 0.15) is 4.88 Å². The molecule has 1 aromatic heterocycles. The fourth-order valence-corrected chi connectivity index (χ4v) is 2.81. The largest absolute Gasteiger partial charge is 0.300 e. The molecule has 0 saturated carbocycles. The molecule has 1 aliphatic heterocycles. The minimum Gasteiger partial charge on any atom is -0.300 e. The van der Waals surface area contributed by atoms with Crippen molar-refractivity contribution in [3.63, 3.8) is 0 Å². The quantitative estimate of drug-likeness (QED) is 0.825. The lowest BCUT2D eigenvalue weighted by atomic mass is 10.3. The van der Waals surface area contributed by atoms with E-state index in [1.54, 1.807) is 0 Å². The average molecular weight is 289 g/mol. The Morgan fingerprint density at radius 2 is 2.07 bits per heavy atom. The lowest BCUT2D eigenvalue weighted by Crippen LogP contribution is -2.51. The molecular weight excluding hydrogens is 280 g/mol. The van der Waals surface area contributed by atoms with E-state index in [2.05, 4.69) is 21.2 Å². The lowest BCUT2D eigenvalue weighted by molar-refractivity contribution is -0.147. The zero-order chi connectivity index (χ0) is 10.8. The van der Waals surface area contributed by atoms with E-state index in [0.29, 0.717) is 6.54 Å². The molecule has 0 spiro atoms. The van der Waals surface area contributed by atoms with Gasteiger partial charge in [0.1, 0.15) is 0 Å². The van der Waals surface area contributed by atoms with Crippen LogP contribution in [0.3, 0.4) is 0 Å². The van der Waals surface area contributed by atoms with Crippen molar-refractivity contribution in [3.8, 4) is 0 Å². The van der Waals surface area contributed by atoms with Crippen molar-refractivity contribution in [3.05, 3.63) is 20.8 Å². The molecule has 4 nitrogen and oxygen atoms in total. The van der Waals surface area contributed by atoms with E-state index in [-0.39, 0.29) is 24.9 Å². The van der Waals surface area contributed by atoms with Crippen molar-refractivity contribution in [1.29, 1.82) is 0 Å². The first-order chi connectivity index (χ1) is 7.16. The Morgan fingerprint density at radius 3 is 2.60 bits per heavy atom. The standard InChI is InChI=1S/C9H9BrN2O2S/c10-6-1-7(15-5-6)4-12-8(13)2-11-3-9(12)14/h1,5,11H,2-4H2. The average Bonchev–Trinajstić information content (AvgIpc) is 2.58. The second-order valence-corrected chi connectivity index (χ2v) is 5.12. The Morgan fingerprint density at radius 1 is 1.40 bits per heavy atom. The number of halogens is 1. The third-order valence-corrected chi connectivity index (χ3v) is 3.77. The van der Waals surface area contributed by atoms with Crippen LogP contribution in [0.2, 0.25) is 0 Å². The van der Waals surface area contributed by atoms with Gasteiger partial charge in [0.2, 0.25) is 11.8 Å². The number of imide groups is 1. The number of thiophene rings is 1. The van der Waals surface area contributed by atoms with E-state index >= 15 is 0 Å². The lowest BCUT2D eigenvalue weighted by Gasteiger charge is -2.24. The van der Waals surface area contributed by atoms with Gasteiger partial charge in [-0.1, -0.05) is 0 Å². The van der Waals surface area contributed by atoms with Crippen molar-refractivity contribution >= 4 is 39.1 Å². The SMILES string of the molecule is O=C1CNCC(=O)N1Cc1cc(Br)cs1. The normalized spacial score (nSPS) is 17.3. The van der Waals surface area contributed by atoms with Crippen molar-refractivity contribution in [2.45, 2.75) is 6.54 Å². The Bertz CT molecular complexity index is 389. The van der Waals surface area contributed by atoms with Gasteiger partial charge in [0, 0.05) is 14.7 Å². The van der Waals surface area contributed by atoms with Crippen LogP contribution in [0.25, 0.3) is 0 Å². The van der Waals surface area contributed by atoms with E-state index in [4.69, 9.17) is 0 Å². The summed E-state index contributed by atoms with van der Waals surface area (Å²) in [6.45, 7) is 0.881. The predicted molar refractivity (Wildman–Crippen MR) is 60.4 cm³/mol. The minimum atomic E-state index is -0.157. The van der Waals surface area contributed by atoms with Gasteiger partial charge in [-0.15, -0.1) is 11.3 Å². The molecule has 2 heterocycles. The van der Waals surface area contributed by atoms with Crippen molar-refractivity contribution in [1.82, 2.24) is 10.2 Å². The van der Waals surface area contributed by atoms with Crippen molar-refractivity contribution in [2.75, 3.05) is 13.1 Å². The maximum Gasteiger partial charge on any atom is 0.243 e. The molecule has 0 unspecified atom stereocenters. The van der Waals surface area contributed by atoms with Crippen LogP contribution in [0.4, 0.5) is 0 Å². The van der Waals surface area contributed by atoms with Crippen LogP contribution in [0.5, 0.6) is 0 Å². The smallest absolute Gasteiger partial charge is 0.243 e. The molecule has 6 heteroatoms. The molecule has 80 valence electrons. The number of carbonyl (C=O) groups is 2. The molecule has 2 amide bonds. The first kappa shape index (κ1) is 10.8. The summed E-state index contributed by atoms with van der Waals surface area (Å²) >= 11 is 4.87. The van der Waals surface area contributed by atoms with Gasteiger partial charge < -0.3 is 0 Å². The predicted octanol–water partition coefficient (Wildman–Crippen LogP) is 0.969. The highest BCUT2D eigenvalue weighted by Gasteiger charge is 2.25. The maximum atomic E-state index is 11.5. The molecule has 0 radical (unpaired) electrons. The summed E-state index contributed by atoms with van der Waals surface area (Å²) in [6.07, 6.45) is 0. The summed E-state index contributed by atoms with van der Waals surface area (Å²) in [5.41, 5.74) is 0. The second-order valence-electron chi connectivity index (χ2n) is 3.21. The Balaban J connectivity index is 2.09. The molecule has 1 fully saturated rings. The highest BCUT2D eigenvalue weighted by atomic mass is 79.9. The number of hydrogen-bond acceptors (Lipinski definition) is 4. The van der Waals surface area contributed by atoms with Crippen LogP contribution in [-0.4, -0.2) is 29.8 Å². The molecule has 1 aliphatic rings. The summed E-state index contributed by atoms with van der Waals surface area (Å²) < 4.78 is 0.984. The molecule has 0 atom stereocenters. The zero-order valence-corrected chi connectivity index (χ0v) is 10.2. The van der Waals surface area contributed by atoms with Gasteiger partial charge in [-0.25, -0.2) is 0 Å². The Kier molecular flexibility index (Phi) is 3.18. The van der Waals surface area contributed by atoms with Crippen molar-refractivity contribution < 1.29 is 9.59 Å². The first-order valence-electron chi connectivity index (χ1n) is 4.43. The topological polar surface area (TPSA) is 49.4 Å².